The molecule has 21 heavy (non-hydrogen) atoms. The van der Waals surface area contributed by atoms with Crippen molar-refractivity contribution in [2.45, 2.75) is 90.9 Å². The third kappa shape index (κ3) is 4.61. The van der Waals surface area contributed by atoms with Crippen molar-refractivity contribution in [1.82, 2.24) is 5.32 Å². The Kier molecular flexibility index (Phi) is 4.68. The molecule has 0 saturated heterocycles. The van der Waals surface area contributed by atoms with Crippen molar-refractivity contribution < 1.29 is 13.2 Å². The summed E-state index contributed by atoms with van der Waals surface area (Å²) in [4.78, 5) is 0. The Labute approximate surface area is 127 Å². The average Bonchev–Trinajstić information content (AvgIpc) is 2.23. The van der Waals surface area contributed by atoms with E-state index in [1.807, 2.05) is 0 Å². The zero-order valence-corrected chi connectivity index (χ0v) is 13.8. The van der Waals surface area contributed by atoms with Gasteiger partial charge in [-0.05, 0) is 42.9 Å². The van der Waals surface area contributed by atoms with E-state index < -0.39 is 12.1 Å². The molecule has 0 spiro atoms. The van der Waals surface area contributed by atoms with Crippen LogP contribution in [0.4, 0.5) is 13.2 Å². The normalized spacial score (nSPS) is 33.9. The molecule has 1 N–H and O–H groups in total. The maximum Gasteiger partial charge on any atom is 0.393 e. The first kappa shape index (κ1) is 17.1. The summed E-state index contributed by atoms with van der Waals surface area (Å²) < 4.78 is 39.6. The Morgan fingerprint density at radius 2 is 1.43 bits per heavy atom. The number of hydrogen-bond acceptors (Lipinski definition) is 1. The quantitative estimate of drug-likeness (QED) is 0.729. The fourth-order valence-electron chi connectivity index (χ4n) is 4.99. The van der Waals surface area contributed by atoms with E-state index in [4.69, 9.17) is 0 Å². The monoisotopic (exact) mass is 305 g/mol. The predicted molar refractivity (Wildman–Crippen MR) is 80.1 cm³/mol. The maximum absolute atomic E-state index is 13.2. The lowest BCUT2D eigenvalue weighted by molar-refractivity contribution is -0.190. The van der Waals surface area contributed by atoms with Crippen LogP contribution >= 0.6 is 0 Å². The van der Waals surface area contributed by atoms with Crippen LogP contribution in [0.1, 0.15) is 72.6 Å². The molecule has 0 heterocycles. The summed E-state index contributed by atoms with van der Waals surface area (Å²) in [5.74, 6) is -1.15. The van der Waals surface area contributed by atoms with Crippen LogP contribution in [0.2, 0.25) is 0 Å². The molecule has 2 rings (SSSR count). The Balaban J connectivity index is 2.05. The van der Waals surface area contributed by atoms with Crippen molar-refractivity contribution >= 4 is 0 Å². The molecule has 1 nitrogen and oxygen atoms in total. The second-order valence-corrected chi connectivity index (χ2v) is 8.82. The van der Waals surface area contributed by atoms with Gasteiger partial charge in [0, 0.05) is 12.1 Å². The molecular weight excluding hydrogens is 275 g/mol. The fourth-order valence-corrected chi connectivity index (χ4v) is 4.99. The highest BCUT2D eigenvalue weighted by atomic mass is 19.4. The lowest BCUT2D eigenvalue weighted by Gasteiger charge is -2.47. The second kappa shape index (κ2) is 5.75. The van der Waals surface area contributed by atoms with Crippen molar-refractivity contribution in [1.29, 1.82) is 0 Å². The van der Waals surface area contributed by atoms with Crippen molar-refractivity contribution in [2.24, 2.45) is 16.7 Å². The van der Waals surface area contributed by atoms with Gasteiger partial charge in [-0.3, -0.25) is 0 Å². The third-order valence-electron chi connectivity index (χ3n) is 5.19. The lowest BCUT2D eigenvalue weighted by Crippen LogP contribution is -2.53. The Morgan fingerprint density at radius 1 is 0.905 bits per heavy atom. The smallest absolute Gasteiger partial charge is 0.311 e. The van der Waals surface area contributed by atoms with E-state index in [2.05, 4.69) is 33.0 Å². The van der Waals surface area contributed by atoms with Crippen molar-refractivity contribution in [3.05, 3.63) is 0 Å². The minimum atomic E-state index is -4.06. The van der Waals surface area contributed by atoms with E-state index in [-0.39, 0.29) is 22.9 Å². The lowest BCUT2D eigenvalue weighted by atomic mass is 9.63. The summed E-state index contributed by atoms with van der Waals surface area (Å²) in [6.45, 7) is 8.96. The minimum absolute atomic E-state index is 0.210. The van der Waals surface area contributed by atoms with Crippen LogP contribution in [0, 0.1) is 16.7 Å². The first-order valence-electron chi connectivity index (χ1n) is 8.31. The highest BCUT2D eigenvalue weighted by molar-refractivity contribution is 4.95. The number of halogens is 3. The molecule has 0 aromatic heterocycles. The number of hydrogen-bond donors (Lipinski definition) is 1. The van der Waals surface area contributed by atoms with Crippen molar-refractivity contribution in [3.8, 4) is 0 Å². The van der Waals surface area contributed by atoms with Gasteiger partial charge in [0.15, 0.2) is 0 Å². The molecule has 2 saturated carbocycles. The molecule has 0 radical (unpaired) electrons. The first-order chi connectivity index (χ1) is 9.49. The molecule has 0 bridgehead atoms. The van der Waals surface area contributed by atoms with Crippen LogP contribution in [0.25, 0.3) is 0 Å². The zero-order valence-electron chi connectivity index (χ0n) is 13.8. The summed E-state index contributed by atoms with van der Waals surface area (Å²) in [6, 6.07) is -0.162. The zero-order chi connectivity index (χ0) is 15.9. The van der Waals surface area contributed by atoms with Crippen LogP contribution in [-0.4, -0.2) is 18.3 Å². The molecule has 2 fully saturated rings. The van der Waals surface area contributed by atoms with E-state index in [1.165, 1.54) is 0 Å². The largest absolute Gasteiger partial charge is 0.393 e. The molecule has 2 aliphatic rings. The Bertz CT molecular complexity index is 344. The predicted octanol–water partition coefficient (Wildman–Crippen LogP) is 5.30. The Morgan fingerprint density at radius 3 is 1.95 bits per heavy atom. The molecule has 2 aliphatic carbocycles. The molecule has 2 unspecified atom stereocenters. The van der Waals surface area contributed by atoms with Crippen molar-refractivity contribution in [3.63, 3.8) is 0 Å². The van der Waals surface area contributed by atoms with Gasteiger partial charge < -0.3 is 5.32 Å². The maximum atomic E-state index is 13.2. The topological polar surface area (TPSA) is 12.0 Å². The van der Waals surface area contributed by atoms with Gasteiger partial charge >= 0.3 is 6.18 Å². The van der Waals surface area contributed by atoms with Crippen LogP contribution < -0.4 is 5.32 Å². The molecule has 0 amide bonds. The van der Waals surface area contributed by atoms with Gasteiger partial charge in [-0.1, -0.05) is 40.5 Å². The summed E-state index contributed by atoms with van der Waals surface area (Å²) >= 11 is 0. The van der Waals surface area contributed by atoms with Gasteiger partial charge in [-0.15, -0.1) is 0 Å². The van der Waals surface area contributed by atoms with E-state index in [0.29, 0.717) is 19.3 Å². The molecule has 2 atom stereocenters. The third-order valence-corrected chi connectivity index (χ3v) is 5.19. The summed E-state index contributed by atoms with van der Waals surface area (Å²) in [5, 5.41) is 3.41. The molecule has 4 heteroatoms. The number of alkyl halides is 3. The second-order valence-electron chi connectivity index (χ2n) is 8.82. The van der Waals surface area contributed by atoms with E-state index in [1.54, 1.807) is 0 Å². The molecular formula is C17H30F3N. The van der Waals surface area contributed by atoms with E-state index in [0.717, 1.165) is 25.7 Å². The highest BCUT2D eigenvalue weighted by Gasteiger charge is 2.47. The summed E-state index contributed by atoms with van der Waals surface area (Å²) in [5.41, 5.74) is 0.420. The molecule has 0 aromatic carbocycles. The van der Waals surface area contributed by atoms with Gasteiger partial charge in [-0.25, -0.2) is 0 Å². The molecule has 124 valence electrons. The SMILES string of the molecule is CC1(C)CC(NC2CCCCC2C(F)(F)F)CC(C)(C)C1. The summed E-state index contributed by atoms with van der Waals surface area (Å²) in [7, 11) is 0. The van der Waals surface area contributed by atoms with Gasteiger partial charge in [0.1, 0.15) is 0 Å². The van der Waals surface area contributed by atoms with E-state index in [9.17, 15) is 13.2 Å². The Hall–Kier alpha value is -0.250. The van der Waals surface area contributed by atoms with Crippen molar-refractivity contribution in [2.75, 3.05) is 0 Å². The highest BCUT2D eigenvalue weighted by Crippen LogP contribution is 2.46. The number of rotatable bonds is 2. The van der Waals surface area contributed by atoms with E-state index >= 15 is 0 Å². The van der Waals surface area contributed by atoms with Gasteiger partial charge in [0.05, 0.1) is 5.92 Å². The van der Waals surface area contributed by atoms with Crippen LogP contribution in [0.3, 0.4) is 0 Å². The van der Waals surface area contributed by atoms with Crippen LogP contribution in [0.15, 0.2) is 0 Å². The summed E-state index contributed by atoms with van der Waals surface area (Å²) in [6.07, 6.45) is 1.65. The van der Waals surface area contributed by atoms with Gasteiger partial charge in [0.25, 0.3) is 0 Å². The number of nitrogens with one attached hydrogen (secondary N) is 1. The molecule has 0 aliphatic heterocycles. The van der Waals surface area contributed by atoms with Crippen LogP contribution in [0.5, 0.6) is 0 Å². The first-order valence-corrected chi connectivity index (χ1v) is 8.31. The molecule has 0 aromatic rings. The van der Waals surface area contributed by atoms with Crippen LogP contribution in [-0.2, 0) is 0 Å². The van der Waals surface area contributed by atoms with Gasteiger partial charge in [0.2, 0.25) is 0 Å². The standard InChI is InChI=1S/C17H30F3N/c1-15(2)9-12(10-16(3,4)11-15)21-14-8-6-5-7-13(14)17(18,19)20/h12-14,21H,5-11H2,1-4H3. The van der Waals surface area contributed by atoms with Gasteiger partial charge in [-0.2, -0.15) is 13.2 Å². The average molecular weight is 305 g/mol. The minimum Gasteiger partial charge on any atom is -0.311 e. The fraction of sp³-hybridized carbons (Fsp3) is 1.00.